The molecule has 1 fully saturated rings. The Morgan fingerprint density at radius 3 is 2.94 bits per heavy atom. The van der Waals surface area contributed by atoms with Crippen molar-refractivity contribution in [1.82, 2.24) is 10.5 Å². The number of carbonyl (C=O) groups excluding carboxylic acids is 2. The number of nitrogens with one attached hydrogen (secondary N) is 1. The van der Waals surface area contributed by atoms with Gasteiger partial charge in [0.15, 0.2) is 5.76 Å². The number of aromatic hydroxyl groups is 1. The highest BCUT2D eigenvalue weighted by Crippen LogP contribution is 2.40. The van der Waals surface area contributed by atoms with Crippen LogP contribution in [-0.2, 0) is 22.4 Å². The molecule has 1 unspecified atom stereocenters. The Labute approximate surface area is 184 Å². The van der Waals surface area contributed by atoms with Crippen LogP contribution in [0.2, 0.25) is 0 Å². The summed E-state index contributed by atoms with van der Waals surface area (Å²) in [4.78, 5) is 25.1. The van der Waals surface area contributed by atoms with Gasteiger partial charge in [-0.2, -0.15) is 0 Å². The highest BCUT2D eigenvalue weighted by Gasteiger charge is 2.33. The van der Waals surface area contributed by atoms with Gasteiger partial charge in [0, 0.05) is 29.3 Å². The summed E-state index contributed by atoms with van der Waals surface area (Å²) in [6, 6.07) is 12.9. The van der Waals surface area contributed by atoms with Gasteiger partial charge in [0.05, 0.1) is 13.1 Å². The lowest BCUT2D eigenvalue weighted by molar-refractivity contribution is -0.119. The van der Waals surface area contributed by atoms with E-state index in [2.05, 4.69) is 10.5 Å². The number of rotatable bonds is 4. The summed E-state index contributed by atoms with van der Waals surface area (Å²) in [5, 5.41) is 16.8. The summed E-state index contributed by atoms with van der Waals surface area (Å²) in [6.45, 7) is 2.11. The molecule has 0 saturated carbocycles. The zero-order valence-corrected chi connectivity index (χ0v) is 17.6. The van der Waals surface area contributed by atoms with Gasteiger partial charge in [0.25, 0.3) is 0 Å². The highest BCUT2D eigenvalue weighted by atomic mass is 16.6. The molecule has 164 valence electrons. The Hall–Kier alpha value is -3.81. The van der Waals surface area contributed by atoms with Crippen molar-refractivity contribution in [3.8, 4) is 28.3 Å². The maximum Gasteiger partial charge on any atom is 0.414 e. The minimum atomic E-state index is -0.416. The second-order valence-corrected chi connectivity index (χ2v) is 8.14. The molecule has 0 radical (unpaired) electrons. The first-order chi connectivity index (χ1) is 15.5. The molecule has 8 heteroatoms. The molecule has 1 aromatic heterocycles. The number of amides is 2. The van der Waals surface area contributed by atoms with Gasteiger partial charge >= 0.3 is 6.09 Å². The third-order valence-corrected chi connectivity index (χ3v) is 5.88. The summed E-state index contributed by atoms with van der Waals surface area (Å²) in [5.74, 6) is 0.764. The minimum absolute atomic E-state index is 0.155. The summed E-state index contributed by atoms with van der Waals surface area (Å²) in [6.07, 6.45) is 1.76. The predicted octanol–water partition coefficient (Wildman–Crippen LogP) is 3.66. The molecule has 2 aromatic carbocycles. The Morgan fingerprint density at radius 1 is 1.25 bits per heavy atom. The number of carbonyl (C=O) groups is 2. The molecule has 1 aliphatic carbocycles. The van der Waals surface area contributed by atoms with E-state index in [1.54, 1.807) is 23.1 Å². The first-order valence-corrected chi connectivity index (χ1v) is 10.6. The zero-order chi connectivity index (χ0) is 22.2. The molecule has 3 aromatic rings. The number of ether oxygens (including phenoxy) is 1. The van der Waals surface area contributed by atoms with Gasteiger partial charge < -0.3 is 19.7 Å². The molecule has 2 heterocycles. The van der Waals surface area contributed by atoms with E-state index in [0.29, 0.717) is 13.1 Å². The number of cyclic esters (lactones) is 1. The van der Waals surface area contributed by atoms with Gasteiger partial charge in [-0.3, -0.25) is 9.69 Å². The van der Waals surface area contributed by atoms with Crippen LogP contribution >= 0.6 is 0 Å². The van der Waals surface area contributed by atoms with Crippen LogP contribution < -0.4 is 10.2 Å². The van der Waals surface area contributed by atoms with Crippen molar-refractivity contribution in [2.75, 3.05) is 18.0 Å². The average Bonchev–Trinajstić information content (AvgIpc) is 3.31. The highest BCUT2D eigenvalue weighted by molar-refractivity contribution is 5.90. The van der Waals surface area contributed by atoms with Crippen LogP contribution in [0.5, 0.6) is 5.75 Å². The fourth-order valence-corrected chi connectivity index (χ4v) is 4.36. The topological polar surface area (TPSA) is 105 Å². The van der Waals surface area contributed by atoms with Crippen LogP contribution in [0.1, 0.15) is 24.5 Å². The van der Waals surface area contributed by atoms with Crippen molar-refractivity contribution in [2.45, 2.75) is 32.3 Å². The Morgan fingerprint density at radius 2 is 2.12 bits per heavy atom. The van der Waals surface area contributed by atoms with Gasteiger partial charge in [0.2, 0.25) is 5.91 Å². The van der Waals surface area contributed by atoms with Gasteiger partial charge in [-0.05, 0) is 55.2 Å². The lowest BCUT2D eigenvalue weighted by atomic mass is 9.99. The number of fused-ring (bicyclic) bond motifs is 3. The van der Waals surface area contributed by atoms with Crippen molar-refractivity contribution >= 4 is 17.7 Å². The number of benzene rings is 2. The molecule has 1 saturated heterocycles. The number of aromatic nitrogens is 1. The third-order valence-electron chi connectivity index (χ3n) is 5.88. The molecule has 0 bridgehead atoms. The van der Waals surface area contributed by atoms with Crippen molar-refractivity contribution in [3.05, 3.63) is 53.6 Å². The number of anilines is 1. The van der Waals surface area contributed by atoms with Crippen molar-refractivity contribution in [1.29, 1.82) is 0 Å². The monoisotopic (exact) mass is 433 g/mol. The Bertz CT molecular complexity index is 1200. The van der Waals surface area contributed by atoms with Crippen LogP contribution in [0, 0.1) is 0 Å². The molecular formula is C24H23N3O5. The first kappa shape index (κ1) is 20.1. The minimum Gasteiger partial charge on any atom is -0.508 e. The van der Waals surface area contributed by atoms with E-state index < -0.39 is 6.09 Å². The third kappa shape index (κ3) is 3.68. The van der Waals surface area contributed by atoms with E-state index in [-0.39, 0.29) is 17.8 Å². The summed E-state index contributed by atoms with van der Waals surface area (Å²) in [7, 11) is 0. The fraction of sp³-hybridized carbons (Fsp3) is 0.292. The molecule has 0 spiro atoms. The molecule has 32 heavy (non-hydrogen) atoms. The number of phenols is 1. The van der Waals surface area contributed by atoms with Crippen molar-refractivity contribution in [3.63, 3.8) is 0 Å². The van der Waals surface area contributed by atoms with Crippen LogP contribution in [0.15, 0.2) is 47.0 Å². The summed E-state index contributed by atoms with van der Waals surface area (Å²) < 4.78 is 11.2. The number of phenolic OH excluding ortho intramolecular Hbond substituents is 1. The van der Waals surface area contributed by atoms with Crippen LogP contribution in [0.25, 0.3) is 22.6 Å². The van der Waals surface area contributed by atoms with Crippen molar-refractivity contribution < 1.29 is 24.0 Å². The van der Waals surface area contributed by atoms with E-state index in [0.717, 1.165) is 58.7 Å². The maximum atomic E-state index is 12.4. The first-order valence-electron chi connectivity index (χ1n) is 10.6. The molecule has 1 aliphatic heterocycles. The molecule has 2 aliphatic rings. The fourth-order valence-electron chi connectivity index (χ4n) is 4.36. The van der Waals surface area contributed by atoms with Gasteiger partial charge in [-0.25, -0.2) is 4.79 Å². The van der Waals surface area contributed by atoms with Gasteiger partial charge in [-0.15, -0.1) is 0 Å². The maximum absolute atomic E-state index is 12.4. The van der Waals surface area contributed by atoms with E-state index in [1.807, 2.05) is 24.3 Å². The predicted molar refractivity (Wildman–Crippen MR) is 117 cm³/mol. The smallest absolute Gasteiger partial charge is 0.414 e. The standard InChI is InChI=1S/C24H23N3O5/c1-14(28)25-12-19-13-27(24(30)31-19)17-8-9-20-15(10-17)4-3-7-21-22(26-32-23(20)21)16-5-2-6-18(29)11-16/h2,5-6,8-11,19,29H,3-4,7,12-13H2,1H3,(H,25,28). The molecule has 1 atom stereocenters. The number of aryl methyl sites for hydroxylation is 1. The quantitative estimate of drug-likeness (QED) is 0.651. The van der Waals surface area contributed by atoms with E-state index in [1.165, 1.54) is 6.92 Å². The Balaban J connectivity index is 1.44. The zero-order valence-electron chi connectivity index (χ0n) is 17.6. The van der Waals surface area contributed by atoms with Crippen molar-refractivity contribution in [2.24, 2.45) is 0 Å². The van der Waals surface area contributed by atoms with Crippen LogP contribution in [0.4, 0.5) is 10.5 Å². The molecule has 2 amide bonds. The molecule has 2 N–H and O–H groups in total. The van der Waals surface area contributed by atoms with E-state index in [4.69, 9.17) is 9.26 Å². The summed E-state index contributed by atoms with van der Waals surface area (Å²) in [5.41, 5.74) is 5.39. The average molecular weight is 433 g/mol. The SMILES string of the molecule is CC(=O)NCC1CN(c2ccc3c(c2)CCCc2c(-c4cccc(O)c4)noc2-3)C(=O)O1. The molecule has 5 rings (SSSR count). The van der Waals surface area contributed by atoms with E-state index in [9.17, 15) is 14.7 Å². The summed E-state index contributed by atoms with van der Waals surface area (Å²) >= 11 is 0. The number of nitrogens with zero attached hydrogens (tertiary/aromatic N) is 2. The lowest BCUT2D eigenvalue weighted by Gasteiger charge is -2.15. The van der Waals surface area contributed by atoms with Gasteiger partial charge in [-0.1, -0.05) is 17.3 Å². The number of hydrogen-bond acceptors (Lipinski definition) is 6. The molecule has 8 nitrogen and oxygen atoms in total. The largest absolute Gasteiger partial charge is 0.508 e. The van der Waals surface area contributed by atoms with Crippen LogP contribution in [0.3, 0.4) is 0 Å². The number of hydrogen-bond donors (Lipinski definition) is 2. The van der Waals surface area contributed by atoms with E-state index >= 15 is 0 Å². The van der Waals surface area contributed by atoms with Crippen LogP contribution in [-0.4, -0.2) is 41.5 Å². The lowest BCUT2D eigenvalue weighted by Crippen LogP contribution is -2.33. The Kier molecular flexibility index (Phi) is 5.05. The normalized spacial score (nSPS) is 17.3. The molecular weight excluding hydrogens is 410 g/mol. The second kappa shape index (κ2) is 8.03. The second-order valence-electron chi connectivity index (χ2n) is 8.14. The van der Waals surface area contributed by atoms with Gasteiger partial charge in [0.1, 0.15) is 17.5 Å².